The second-order valence-electron chi connectivity index (χ2n) is 11.7. The van der Waals surface area contributed by atoms with Crippen molar-refractivity contribution in [2.24, 2.45) is 0 Å². The van der Waals surface area contributed by atoms with Crippen LogP contribution in [0.15, 0.2) is 114 Å². The summed E-state index contributed by atoms with van der Waals surface area (Å²) in [5.41, 5.74) is 3.03. The average molecular weight is 658 g/mol. The topological polar surface area (TPSA) is 86.8 Å². The average Bonchev–Trinajstić information content (AvgIpc) is 3.59. The molecule has 9 heteroatoms. The maximum atomic E-state index is 14.6. The first kappa shape index (κ1) is 33.2. The van der Waals surface area contributed by atoms with Gasteiger partial charge in [0, 0.05) is 24.0 Å². The van der Waals surface area contributed by atoms with Crippen LogP contribution in [0.3, 0.4) is 0 Å². The van der Waals surface area contributed by atoms with E-state index in [0.717, 1.165) is 53.1 Å². The zero-order valence-electron chi connectivity index (χ0n) is 26.0. The highest BCUT2D eigenvalue weighted by Crippen LogP contribution is 2.26. The van der Waals surface area contributed by atoms with Crippen molar-refractivity contribution in [3.05, 3.63) is 131 Å². The molecule has 0 aromatic heterocycles. The largest absolute Gasteiger partial charge is 0.352 e. The summed E-state index contributed by atoms with van der Waals surface area (Å²) in [6.45, 7) is 1.60. The van der Waals surface area contributed by atoms with Gasteiger partial charge in [0.2, 0.25) is 11.8 Å². The van der Waals surface area contributed by atoms with Gasteiger partial charge in [-0.05, 0) is 72.4 Å². The number of carbonyl (C=O) groups is 2. The highest BCUT2D eigenvalue weighted by molar-refractivity contribution is 7.92. The molecular formula is C37H40ClN3O4S. The van der Waals surface area contributed by atoms with E-state index in [1.54, 1.807) is 48.5 Å². The van der Waals surface area contributed by atoms with Gasteiger partial charge in [-0.25, -0.2) is 8.42 Å². The van der Waals surface area contributed by atoms with E-state index in [1.807, 2.05) is 55.5 Å². The molecule has 0 heterocycles. The molecule has 4 aromatic carbocycles. The molecule has 7 nitrogen and oxygen atoms in total. The Morgan fingerprint density at radius 1 is 0.826 bits per heavy atom. The highest BCUT2D eigenvalue weighted by atomic mass is 35.5. The van der Waals surface area contributed by atoms with Gasteiger partial charge in [-0.3, -0.25) is 13.9 Å². The van der Waals surface area contributed by atoms with E-state index in [9.17, 15) is 18.0 Å². The molecule has 0 saturated heterocycles. The Bertz CT molecular complexity index is 1710. The standard InChI is InChI=1S/C37H40ClN3O4S/c1-2-28-20-22-33(23-21-28)41(46(44,45)34-18-7-4-8-19-34)27-36(42)40(26-30-14-11-15-31(38)24-30)35(25-29-12-5-3-6-13-29)37(43)39-32-16-9-10-17-32/h3-8,11-15,18-24,32,35H,2,9-10,16-17,25-27H2,1H3,(H,39,43)/t35-/m1/s1. The van der Waals surface area contributed by atoms with Crippen molar-refractivity contribution in [2.45, 2.75) is 69.0 Å². The van der Waals surface area contributed by atoms with Crippen molar-refractivity contribution in [2.75, 3.05) is 10.8 Å². The zero-order valence-corrected chi connectivity index (χ0v) is 27.6. The summed E-state index contributed by atoms with van der Waals surface area (Å²) in [6.07, 6.45) is 4.93. The van der Waals surface area contributed by atoms with Crippen molar-refractivity contribution in [3.63, 3.8) is 0 Å². The predicted molar refractivity (Wildman–Crippen MR) is 183 cm³/mol. The monoisotopic (exact) mass is 657 g/mol. The van der Waals surface area contributed by atoms with Crippen LogP contribution in [0.2, 0.25) is 5.02 Å². The fraction of sp³-hybridized carbons (Fsp3) is 0.297. The number of hydrogen-bond donors (Lipinski definition) is 1. The maximum absolute atomic E-state index is 14.6. The lowest BCUT2D eigenvalue weighted by molar-refractivity contribution is -0.140. The van der Waals surface area contributed by atoms with E-state index in [1.165, 1.54) is 17.0 Å². The summed E-state index contributed by atoms with van der Waals surface area (Å²) in [5.74, 6) is -0.752. The number of benzene rings is 4. The molecule has 0 bridgehead atoms. The predicted octanol–water partition coefficient (Wildman–Crippen LogP) is 6.80. The first-order chi connectivity index (χ1) is 22.2. The molecule has 1 aliphatic carbocycles. The van der Waals surface area contributed by atoms with E-state index < -0.39 is 28.5 Å². The Balaban J connectivity index is 1.56. The summed E-state index contributed by atoms with van der Waals surface area (Å²) in [5, 5.41) is 3.70. The van der Waals surface area contributed by atoms with Gasteiger partial charge in [-0.1, -0.05) is 104 Å². The summed E-state index contributed by atoms with van der Waals surface area (Å²) in [4.78, 5) is 30.3. The van der Waals surface area contributed by atoms with Crippen LogP contribution in [0.4, 0.5) is 5.69 Å². The fourth-order valence-corrected chi connectivity index (χ4v) is 7.55. The number of rotatable bonds is 13. The Morgan fingerprint density at radius 2 is 1.46 bits per heavy atom. The third-order valence-corrected chi connectivity index (χ3v) is 10.5. The molecule has 1 saturated carbocycles. The Morgan fingerprint density at radius 3 is 2.09 bits per heavy atom. The fourth-order valence-electron chi connectivity index (χ4n) is 5.90. The van der Waals surface area contributed by atoms with Crippen molar-refractivity contribution in [3.8, 4) is 0 Å². The second kappa shape index (κ2) is 15.4. The van der Waals surface area contributed by atoms with Gasteiger partial charge < -0.3 is 10.2 Å². The number of nitrogens with one attached hydrogen (secondary N) is 1. The second-order valence-corrected chi connectivity index (χ2v) is 14.0. The normalized spacial score (nSPS) is 14.0. The van der Waals surface area contributed by atoms with E-state index >= 15 is 0 Å². The number of halogens is 1. The lowest BCUT2D eigenvalue weighted by atomic mass is 10.0. The summed E-state index contributed by atoms with van der Waals surface area (Å²) in [6, 6.07) is 31.1. The molecular weight excluding hydrogens is 618 g/mol. The number of sulfonamides is 1. The molecule has 46 heavy (non-hydrogen) atoms. The Kier molecular flexibility index (Phi) is 11.1. The first-order valence-electron chi connectivity index (χ1n) is 15.8. The summed E-state index contributed by atoms with van der Waals surface area (Å²) in [7, 11) is -4.14. The van der Waals surface area contributed by atoms with E-state index in [0.29, 0.717) is 10.7 Å². The Labute approximate surface area is 277 Å². The van der Waals surface area contributed by atoms with Crippen molar-refractivity contribution >= 4 is 39.1 Å². The number of carbonyl (C=O) groups excluding carboxylic acids is 2. The summed E-state index contributed by atoms with van der Waals surface area (Å²) >= 11 is 6.34. The van der Waals surface area contributed by atoms with Gasteiger partial charge in [0.1, 0.15) is 12.6 Å². The van der Waals surface area contributed by atoms with Crippen molar-refractivity contribution < 1.29 is 18.0 Å². The van der Waals surface area contributed by atoms with E-state index in [4.69, 9.17) is 11.6 Å². The number of amides is 2. The minimum Gasteiger partial charge on any atom is -0.352 e. The molecule has 0 unspecified atom stereocenters. The molecule has 2 amide bonds. The molecule has 1 atom stereocenters. The van der Waals surface area contributed by atoms with Crippen LogP contribution in [-0.4, -0.2) is 43.8 Å². The Hall–Kier alpha value is -4.14. The van der Waals surface area contributed by atoms with Crippen LogP contribution in [-0.2, 0) is 39.0 Å². The minimum absolute atomic E-state index is 0.0425. The van der Waals surface area contributed by atoms with Gasteiger partial charge in [0.25, 0.3) is 10.0 Å². The number of hydrogen-bond acceptors (Lipinski definition) is 4. The maximum Gasteiger partial charge on any atom is 0.264 e. The number of anilines is 1. The van der Waals surface area contributed by atoms with Crippen LogP contribution in [0, 0.1) is 0 Å². The van der Waals surface area contributed by atoms with Gasteiger partial charge >= 0.3 is 0 Å². The molecule has 0 radical (unpaired) electrons. The van der Waals surface area contributed by atoms with Crippen LogP contribution in [0.25, 0.3) is 0 Å². The van der Waals surface area contributed by atoms with Crippen LogP contribution >= 0.6 is 11.6 Å². The van der Waals surface area contributed by atoms with Crippen molar-refractivity contribution in [1.29, 1.82) is 0 Å². The van der Waals surface area contributed by atoms with Gasteiger partial charge in [0.05, 0.1) is 10.6 Å². The van der Waals surface area contributed by atoms with Gasteiger partial charge in [-0.2, -0.15) is 0 Å². The molecule has 4 aromatic rings. The lowest BCUT2D eigenvalue weighted by Crippen LogP contribution is -2.54. The minimum atomic E-state index is -4.14. The molecule has 1 aliphatic rings. The molecule has 5 rings (SSSR count). The molecule has 1 N–H and O–H groups in total. The van der Waals surface area contributed by atoms with Crippen molar-refractivity contribution in [1.82, 2.24) is 10.2 Å². The molecule has 0 aliphatic heterocycles. The third-order valence-electron chi connectivity index (χ3n) is 8.46. The van der Waals surface area contributed by atoms with Gasteiger partial charge in [0.15, 0.2) is 0 Å². The zero-order chi connectivity index (χ0) is 32.5. The number of aryl methyl sites for hydroxylation is 1. The van der Waals surface area contributed by atoms with E-state index in [2.05, 4.69) is 5.32 Å². The lowest BCUT2D eigenvalue weighted by Gasteiger charge is -2.34. The van der Waals surface area contributed by atoms with Crippen LogP contribution < -0.4 is 9.62 Å². The third kappa shape index (κ3) is 8.36. The van der Waals surface area contributed by atoms with Crippen LogP contribution in [0.1, 0.15) is 49.3 Å². The first-order valence-corrected chi connectivity index (χ1v) is 17.6. The molecule has 1 fully saturated rings. The smallest absolute Gasteiger partial charge is 0.264 e. The SMILES string of the molecule is CCc1ccc(N(CC(=O)N(Cc2cccc(Cl)c2)[C@H](Cc2ccccc2)C(=O)NC2CCCC2)S(=O)(=O)c2ccccc2)cc1. The molecule has 240 valence electrons. The quantitative estimate of drug-likeness (QED) is 0.171. The summed E-state index contributed by atoms with van der Waals surface area (Å²) < 4.78 is 29.4. The highest BCUT2D eigenvalue weighted by Gasteiger charge is 2.35. The van der Waals surface area contributed by atoms with Crippen LogP contribution in [0.5, 0.6) is 0 Å². The van der Waals surface area contributed by atoms with Gasteiger partial charge in [-0.15, -0.1) is 0 Å². The van der Waals surface area contributed by atoms with E-state index in [-0.39, 0.29) is 29.8 Å². The number of nitrogens with zero attached hydrogens (tertiary/aromatic N) is 2. The molecule has 0 spiro atoms.